The summed E-state index contributed by atoms with van der Waals surface area (Å²) in [5.41, 5.74) is 4.94. The van der Waals surface area contributed by atoms with E-state index in [0.717, 1.165) is 27.7 Å². The third-order valence-electron chi connectivity index (χ3n) is 4.57. The number of nitrogens with one attached hydrogen (secondary N) is 2. The van der Waals surface area contributed by atoms with Crippen molar-refractivity contribution in [2.24, 2.45) is 0 Å². The lowest BCUT2D eigenvalue weighted by Crippen LogP contribution is -2.26. The lowest BCUT2D eigenvalue weighted by Gasteiger charge is -2.11. The first-order chi connectivity index (χ1) is 14.7. The van der Waals surface area contributed by atoms with E-state index in [1.54, 1.807) is 29.7 Å². The Bertz CT molecular complexity index is 1110. The van der Waals surface area contributed by atoms with Gasteiger partial charge in [0, 0.05) is 35.3 Å². The van der Waals surface area contributed by atoms with Gasteiger partial charge in [0.1, 0.15) is 5.69 Å². The van der Waals surface area contributed by atoms with E-state index in [4.69, 9.17) is 0 Å². The number of hydrogen-bond donors (Lipinski definition) is 2. The smallest absolute Gasteiger partial charge is 0.271 e. The molecule has 0 saturated carbocycles. The summed E-state index contributed by atoms with van der Waals surface area (Å²) in [6.45, 7) is 2.71. The van der Waals surface area contributed by atoms with E-state index in [0.29, 0.717) is 12.2 Å². The maximum absolute atomic E-state index is 12.0. The van der Waals surface area contributed by atoms with Gasteiger partial charge in [-0.25, -0.2) is 9.97 Å². The molecule has 1 amide bonds. The summed E-state index contributed by atoms with van der Waals surface area (Å²) in [5.74, 6) is 1.44. The van der Waals surface area contributed by atoms with Crippen LogP contribution in [0.15, 0.2) is 71.1 Å². The van der Waals surface area contributed by atoms with Gasteiger partial charge in [-0.3, -0.25) is 9.78 Å². The van der Waals surface area contributed by atoms with Gasteiger partial charge in [0.05, 0.1) is 17.2 Å². The normalized spacial score (nSPS) is 11.0. The maximum atomic E-state index is 12.0. The highest BCUT2D eigenvalue weighted by Crippen LogP contribution is 2.29. The summed E-state index contributed by atoms with van der Waals surface area (Å²) in [6.07, 6.45) is 4.53. The molecule has 152 valence electrons. The zero-order valence-corrected chi connectivity index (χ0v) is 18.1. The largest absolute Gasteiger partial charge is 0.350 e. The SMILES string of the molecule is Cc1c(CSc2nc3ccccc3[nH]2)cccc1SCCNC(=O)c1cnccn1. The zero-order chi connectivity index (χ0) is 20.8. The van der Waals surface area contributed by atoms with Crippen molar-refractivity contribution in [3.05, 3.63) is 77.9 Å². The van der Waals surface area contributed by atoms with Crippen LogP contribution >= 0.6 is 23.5 Å². The summed E-state index contributed by atoms with van der Waals surface area (Å²) in [5, 5.41) is 3.81. The Morgan fingerprint density at radius 3 is 2.83 bits per heavy atom. The molecule has 6 nitrogen and oxygen atoms in total. The van der Waals surface area contributed by atoms with E-state index in [9.17, 15) is 4.79 Å². The van der Waals surface area contributed by atoms with Gasteiger partial charge < -0.3 is 10.3 Å². The van der Waals surface area contributed by atoms with Crippen molar-refractivity contribution >= 4 is 40.5 Å². The second kappa shape index (κ2) is 9.77. The molecule has 0 saturated heterocycles. The van der Waals surface area contributed by atoms with Gasteiger partial charge in [-0.05, 0) is 36.2 Å². The molecule has 2 aromatic carbocycles. The molecule has 0 radical (unpaired) electrons. The molecule has 2 aromatic heterocycles. The number of fused-ring (bicyclic) bond motifs is 1. The molecule has 0 unspecified atom stereocenters. The van der Waals surface area contributed by atoms with Crippen LogP contribution in [0.4, 0.5) is 0 Å². The number of aromatic amines is 1. The molecule has 2 N–H and O–H groups in total. The van der Waals surface area contributed by atoms with Gasteiger partial charge in [0.15, 0.2) is 5.16 Å². The molecule has 0 spiro atoms. The standard InChI is InChI=1S/C22H21N5OS2/c1-15-16(14-30-22-26-17-6-2-3-7-18(17)27-22)5-4-8-20(15)29-12-11-25-21(28)19-13-23-9-10-24-19/h2-10,13H,11-12,14H2,1H3,(H,25,28)(H,26,27). The molecule has 2 heterocycles. The average molecular weight is 436 g/mol. The number of carbonyl (C=O) groups excluding carboxylic acids is 1. The van der Waals surface area contributed by atoms with Crippen LogP contribution < -0.4 is 5.32 Å². The molecule has 0 aliphatic carbocycles. The highest BCUT2D eigenvalue weighted by Gasteiger charge is 2.09. The van der Waals surface area contributed by atoms with Crippen LogP contribution in [0.3, 0.4) is 0 Å². The first-order valence-corrected chi connectivity index (χ1v) is 11.5. The zero-order valence-electron chi connectivity index (χ0n) is 16.5. The van der Waals surface area contributed by atoms with Crippen molar-refractivity contribution in [3.63, 3.8) is 0 Å². The Kier molecular flexibility index (Phi) is 6.66. The van der Waals surface area contributed by atoms with Crippen LogP contribution in [0.5, 0.6) is 0 Å². The average Bonchev–Trinajstić information content (AvgIpc) is 3.20. The fourth-order valence-electron chi connectivity index (χ4n) is 2.95. The fraction of sp³-hybridized carbons (Fsp3) is 0.182. The van der Waals surface area contributed by atoms with E-state index >= 15 is 0 Å². The van der Waals surface area contributed by atoms with E-state index < -0.39 is 0 Å². The molecule has 0 atom stereocenters. The minimum absolute atomic E-state index is 0.198. The highest BCUT2D eigenvalue weighted by molar-refractivity contribution is 7.99. The summed E-state index contributed by atoms with van der Waals surface area (Å²) in [7, 11) is 0. The molecule has 0 aliphatic rings. The summed E-state index contributed by atoms with van der Waals surface area (Å²) in [4.78, 5) is 29.2. The summed E-state index contributed by atoms with van der Waals surface area (Å²) in [6, 6.07) is 14.4. The van der Waals surface area contributed by atoms with Crippen LogP contribution in [0.25, 0.3) is 11.0 Å². The molecule has 0 aliphatic heterocycles. The van der Waals surface area contributed by atoms with Crippen molar-refractivity contribution < 1.29 is 4.79 Å². The molecular formula is C22H21N5OS2. The molecule has 0 bridgehead atoms. The van der Waals surface area contributed by atoms with Gasteiger partial charge in [0.2, 0.25) is 0 Å². The van der Waals surface area contributed by atoms with Gasteiger partial charge in [0.25, 0.3) is 5.91 Å². The quantitative estimate of drug-likeness (QED) is 0.314. The van der Waals surface area contributed by atoms with Gasteiger partial charge in [-0.2, -0.15) is 0 Å². The predicted octanol–water partition coefficient (Wildman–Crippen LogP) is 4.48. The number of carbonyl (C=O) groups is 1. The van der Waals surface area contributed by atoms with Gasteiger partial charge >= 0.3 is 0 Å². The summed E-state index contributed by atoms with van der Waals surface area (Å²) < 4.78 is 0. The van der Waals surface area contributed by atoms with Crippen molar-refractivity contribution in [2.75, 3.05) is 12.3 Å². The number of para-hydroxylation sites is 2. The number of H-pyrrole nitrogens is 1. The first-order valence-electron chi connectivity index (χ1n) is 9.54. The Hall–Kier alpha value is -2.84. The van der Waals surface area contributed by atoms with Crippen molar-refractivity contribution in [2.45, 2.75) is 22.7 Å². The van der Waals surface area contributed by atoms with Crippen molar-refractivity contribution in [1.82, 2.24) is 25.3 Å². The van der Waals surface area contributed by atoms with Gasteiger partial charge in [-0.1, -0.05) is 36.0 Å². The number of amides is 1. The maximum Gasteiger partial charge on any atom is 0.271 e. The van der Waals surface area contributed by atoms with E-state index in [1.807, 2.05) is 24.3 Å². The van der Waals surface area contributed by atoms with Crippen LogP contribution in [0.2, 0.25) is 0 Å². The number of rotatable bonds is 8. The molecule has 4 rings (SSSR count). The Balaban J connectivity index is 1.30. The lowest BCUT2D eigenvalue weighted by atomic mass is 10.1. The molecule has 0 fully saturated rings. The second-order valence-electron chi connectivity index (χ2n) is 6.58. The van der Waals surface area contributed by atoms with E-state index in [-0.39, 0.29) is 5.91 Å². The fourth-order valence-corrected chi connectivity index (χ4v) is 4.85. The molecule has 8 heteroatoms. The molecule has 30 heavy (non-hydrogen) atoms. The van der Waals surface area contributed by atoms with Crippen LogP contribution in [-0.4, -0.2) is 38.1 Å². The number of benzene rings is 2. The highest BCUT2D eigenvalue weighted by atomic mass is 32.2. The number of imidazole rings is 1. The monoisotopic (exact) mass is 435 g/mol. The van der Waals surface area contributed by atoms with Crippen LogP contribution in [0.1, 0.15) is 21.6 Å². The number of thioether (sulfide) groups is 2. The Morgan fingerprint density at radius 1 is 1.10 bits per heavy atom. The van der Waals surface area contributed by atoms with Gasteiger partial charge in [-0.15, -0.1) is 11.8 Å². The van der Waals surface area contributed by atoms with Crippen molar-refractivity contribution in [1.29, 1.82) is 0 Å². The second-order valence-corrected chi connectivity index (χ2v) is 8.68. The Morgan fingerprint density at radius 2 is 2.00 bits per heavy atom. The number of hydrogen-bond acceptors (Lipinski definition) is 6. The molecule has 4 aromatic rings. The topological polar surface area (TPSA) is 83.6 Å². The lowest BCUT2D eigenvalue weighted by molar-refractivity contribution is 0.0951. The minimum Gasteiger partial charge on any atom is -0.350 e. The summed E-state index contributed by atoms with van der Waals surface area (Å²) >= 11 is 3.45. The first kappa shape index (κ1) is 20.4. The number of nitrogens with zero attached hydrogens (tertiary/aromatic N) is 3. The third-order valence-corrected chi connectivity index (χ3v) is 6.65. The molecular weight excluding hydrogens is 414 g/mol. The van der Waals surface area contributed by atoms with E-state index in [2.05, 4.69) is 50.4 Å². The van der Waals surface area contributed by atoms with Crippen molar-refractivity contribution in [3.8, 4) is 0 Å². The predicted molar refractivity (Wildman–Crippen MR) is 122 cm³/mol. The third kappa shape index (κ3) is 5.01. The van der Waals surface area contributed by atoms with Crippen LogP contribution in [0, 0.1) is 6.92 Å². The van der Waals surface area contributed by atoms with E-state index in [1.165, 1.54) is 28.4 Å². The Labute approximate surface area is 183 Å². The van der Waals surface area contributed by atoms with Crippen LogP contribution in [-0.2, 0) is 5.75 Å². The number of aromatic nitrogens is 4. The minimum atomic E-state index is -0.198.